The van der Waals surface area contributed by atoms with Gasteiger partial charge in [0.1, 0.15) is 5.54 Å². The van der Waals surface area contributed by atoms with Crippen LogP contribution >= 0.6 is 0 Å². The smallest absolute Gasteiger partial charge is 0.324 e. The van der Waals surface area contributed by atoms with Crippen LogP contribution in [0.25, 0.3) is 0 Å². The van der Waals surface area contributed by atoms with Crippen LogP contribution in [0.15, 0.2) is 0 Å². The molecule has 4 nitrogen and oxygen atoms in total. The summed E-state index contributed by atoms with van der Waals surface area (Å²) >= 11 is 0. The second-order valence-electron chi connectivity index (χ2n) is 6.52. The van der Waals surface area contributed by atoms with Crippen molar-refractivity contribution >= 4 is 5.97 Å². The quantitative estimate of drug-likeness (QED) is 0.853. The third kappa shape index (κ3) is 2.00. The molecule has 1 N–H and O–H groups in total. The van der Waals surface area contributed by atoms with Gasteiger partial charge in [-0.25, -0.2) is 0 Å². The minimum atomic E-state index is -0.623. The van der Waals surface area contributed by atoms with Crippen LogP contribution < -0.4 is 0 Å². The predicted octanol–water partition coefficient (Wildman–Crippen LogP) is 2.42. The molecule has 3 fully saturated rings. The Morgan fingerprint density at radius 3 is 2.74 bits per heavy atom. The lowest BCUT2D eigenvalue weighted by Crippen LogP contribution is -2.59. The number of carbonyl (C=O) groups is 1. The summed E-state index contributed by atoms with van der Waals surface area (Å²) in [5.41, 5.74) is -0.504. The molecule has 108 valence electrons. The molecule has 1 spiro atoms. The SMILES string of the molecule is CCC1(C(=O)O)CCCN1C1CCOC2(CCC2)C1. The van der Waals surface area contributed by atoms with Crippen LogP contribution in [-0.2, 0) is 9.53 Å². The zero-order valence-corrected chi connectivity index (χ0v) is 11.9. The number of carboxylic acid groups (broad SMARTS) is 1. The summed E-state index contributed by atoms with van der Waals surface area (Å²) in [6, 6.07) is 0.410. The highest BCUT2D eigenvalue weighted by molar-refractivity contribution is 5.79. The van der Waals surface area contributed by atoms with Crippen molar-refractivity contribution in [3.8, 4) is 0 Å². The molecule has 0 bridgehead atoms. The maximum Gasteiger partial charge on any atom is 0.324 e. The van der Waals surface area contributed by atoms with Crippen LogP contribution in [-0.4, -0.2) is 46.3 Å². The summed E-state index contributed by atoms with van der Waals surface area (Å²) in [7, 11) is 0. The van der Waals surface area contributed by atoms with Gasteiger partial charge in [0, 0.05) is 12.6 Å². The molecule has 4 heteroatoms. The van der Waals surface area contributed by atoms with Gasteiger partial charge in [0.15, 0.2) is 0 Å². The molecule has 0 aromatic heterocycles. The van der Waals surface area contributed by atoms with Crippen molar-refractivity contribution in [3.05, 3.63) is 0 Å². The summed E-state index contributed by atoms with van der Waals surface area (Å²) in [6.07, 6.45) is 8.19. The van der Waals surface area contributed by atoms with E-state index in [1.807, 2.05) is 6.92 Å². The summed E-state index contributed by atoms with van der Waals surface area (Å²) in [4.78, 5) is 14.1. The van der Waals surface area contributed by atoms with Gasteiger partial charge in [0.2, 0.25) is 0 Å². The number of hydrogen-bond donors (Lipinski definition) is 1. The van der Waals surface area contributed by atoms with Crippen molar-refractivity contribution < 1.29 is 14.6 Å². The number of carboxylic acids is 1. The number of rotatable bonds is 3. The largest absolute Gasteiger partial charge is 0.480 e. The van der Waals surface area contributed by atoms with E-state index in [2.05, 4.69) is 4.90 Å². The van der Waals surface area contributed by atoms with Gasteiger partial charge in [-0.15, -0.1) is 0 Å². The van der Waals surface area contributed by atoms with E-state index in [0.717, 1.165) is 38.8 Å². The lowest BCUT2D eigenvalue weighted by molar-refractivity contribution is -0.168. The van der Waals surface area contributed by atoms with Crippen molar-refractivity contribution in [3.63, 3.8) is 0 Å². The first-order chi connectivity index (χ1) is 9.12. The van der Waals surface area contributed by atoms with Crippen LogP contribution in [0.1, 0.15) is 58.3 Å². The molecular formula is C15H25NO3. The van der Waals surface area contributed by atoms with E-state index >= 15 is 0 Å². The van der Waals surface area contributed by atoms with Crippen LogP contribution in [0.4, 0.5) is 0 Å². The van der Waals surface area contributed by atoms with Gasteiger partial charge >= 0.3 is 5.97 Å². The molecule has 3 aliphatic rings. The third-order valence-electron chi connectivity index (χ3n) is 5.69. The molecular weight excluding hydrogens is 242 g/mol. The summed E-state index contributed by atoms with van der Waals surface area (Å²) < 4.78 is 5.98. The van der Waals surface area contributed by atoms with Crippen LogP contribution in [0, 0.1) is 0 Å². The standard InChI is InChI=1S/C15H25NO3/c1-2-15(13(17)18)8-4-9-16(15)12-5-10-19-14(11-12)6-3-7-14/h12H,2-11H2,1H3,(H,17,18). The molecule has 2 saturated heterocycles. The lowest BCUT2D eigenvalue weighted by Gasteiger charge is -2.51. The highest BCUT2D eigenvalue weighted by Crippen LogP contribution is 2.46. The van der Waals surface area contributed by atoms with E-state index in [-0.39, 0.29) is 5.60 Å². The number of hydrogen-bond acceptors (Lipinski definition) is 3. The average molecular weight is 267 g/mol. The average Bonchev–Trinajstić information content (AvgIpc) is 2.82. The second-order valence-corrected chi connectivity index (χ2v) is 6.52. The Morgan fingerprint density at radius 2 is 2.16 bits per heavy atom. The van der Waals surface area contributed by atoms with Gasteiger partial charge < -0.3 is 9.84 Å². The van der Waals surface area contributed by atoms with Crippen LogP contribution in [0.2, 0.25) is 0 Å². The first kappa shape index (κ1) is 13.4. The zero-order chi connectivity index (χ0) is 13.5. The van der Waals surface area contributed by atoms with Gasteiger partial charge in [-0.1, -0.05) is 6.92 Å². The van der Waals surface area contributed by atoms with Gasteiger partial charge in [-0.3, -0.25) is 9.69 Å². The Balaban J connectivity index is 1.78. The lowest BCUT2D eigenvalue weighted by atomic mass is 9.73. The van der Waals surface area contributed by atoms with Crippen LogP contribution in [0.3, 0.4) is 0 Å². The van der Waals surface area contributed by atoms with E-state index in [4.69, 9.17) is 4.74 Å². The molecule has 1 saturated carbocycles. The van der Waals surface area contributed by atoms with Gasteiger partial charge in [-0.05, 0) is 57.9 Å². The molecule has 0 aromatic rings. The molecule has 1 aliphatic carbocycles. The van der Waals surface area contributed by atoms with Gasteiger partial charge in [0.25, 0.3) is 0 Å². The Labute approximate surface area is 115 Å². The minimum Gasteiger partial charge on any atom is -0.480 e. The number of likely N-dealkylation sites (tertiary alicyclic amines) is 1. The highest BCUT2D eigenvalue weighted by atomic mass is 16.5. The Kier molecular flexibility index (Phi) is 3.34. The molecule has 2 unspecified atom stereocenters. The molecule has 2 aliphatic heterocycles. The van der Waals surface area contributed by atoms with Crippen molar-refractivity contribution in [1.29, 1.82) is 0 Å². The van der Waals surface area contributed by atoms with Crippen LogP contribution in [0.5, 0.6) is 0 Å². The number of ether oxygens (including phenoxy) is 1. The first-order valence-corrected chi connectivity index (χ1v) is 7.76. The Bertz CT molecular complexity index is 366. The molecule has 19 heavy (non-hydrogen) atoms. The molecule has 2 atom stereocenters. The molecule has 3 rings (SSSR count). The van der Waals surface area contributed by atoms with E-state index in [1.165, 1.54) is 19.3 Å². The fourth-order valence-electron chi connectivity index (χ4n) is 4.38. The predicted molar refractivity (Wildman–Crippen MR) is 72.2 cm³/mol. The maximum atomic E-state index is 11.8. The summed E-state index contributed by atoms with van der Waals surface area (Å²) in [5, 5.41) is 9.69. The van der Waals surface area contributed by atoms with E-state index in [1.54, 1.807) is 0 Å². The van der Waals surface area contributed by atoms with Crippen molar-refractivity contribution in [1.82, 2.24) is 4.90 Å². The van der Waals surface area contributed by atoms with E-state index < -0.39 is 11.5 Å². The molecule has 0 amide bonds. The number of nitrogens with zero attached hydrogens (tertiary/aromatic N) is 1. The van der Waals surface area contributed by atoms with Gasteiger partial charge in [0.05, 0.1) is 5.60 Å². The molecule has 0 radical (unpaired) electrons. The zero-order valence-electron chi connectivity index (χ0n) is 11.9. The summed E-state index contributed by atoms with van der Waals surface area (Å²) in [5.74, 6) is -0.623. The normalized spacial score (nSPS) is 38.3. The fourth-order valence-corrected chi connectivity index (χ4v) is 4.38. The monoisotopic (exact) mass is 267 g/mol. The number of aliphatic carboxylic acids is 1. The fraction of sp³-hybridized carbons (Fsp3) is 0.933. The highest BCUT2D eigenvalue weighted by Gasteiger charge is 2.52. The molecule has 2 heterocycles. The Morgan fingerprint density at radius 1 is 1.37 bits per heavy atom. The minimum absolute atomic E-state index is 0.101. The molecule has 0 aromatic carbocycles. The second kappa shape index (κ2) is 4.74. The Hall–Kier alpha value is -0.610. The van der Waals surface area contributed by atoms with E-state index in [9.17, 15) is 9.90 Å². The topological polar surface area (TPSA) is 49.8 Å². The van der Waals surface area contributed by atoms with Gasteiger partial charge in [-0.2, -0.15) is 0 Å². The van der Waals surface area contributed by atoms with Crippen molar-refractivity contribution in [2.24, 2.45) is 0 Å². The van der Waals surface area contributed by atoms with Crippen molar-refractivity contribution in [2.45, 2.75) is 75.5 Å². The van der Waals surface area contributed by atoms with Crippen molar-refractivity contribution in [2.75, 3.05) is 13.2 Å². The maximum absolute atomic E-state index is 11.8. The first-order valence-electron chi connectivity index (χ1n) is 7.76. The third-order valence-corrected chi connectivity index (χ3v) is 5.69. The summed E-state index contributed by atoms with van der Waals surface area (Å²) in [6.45, 7) is 3.77. The van der Waals surface area contributed by atoms with E-state index in [0.29, 0.717) is 12.5 Å².